The van der Waals surface area contributed by atoms with Gasteiger partial charge in [0.1, 0.15) is 10.4 Å². The zero-order chi connectivity index (χ0) is 9.31. The van der Waals surface area contributed by atoms with Crippen LogP contribution in [0.1, 0.15) is 31.2 Å². The van der Waals surface area contributed by atoms with E-state index in [-0.39, 0.29) is 5.41 Å². The number of aromatic nitrogens is 1. The second-order valence-corrected chi connectivity index (χ2v) is 4.77. The molecule has 1 aliphatic carbocycles. The predicted octanol–water partition coefficient (Wildman–Crippen LogP) is 2.72. The van der Waals surface area contributed by atoms with Crippen LogP contribution in [-0.2, 0) is 5.41 Å². The first kappa shape index (κ1) is 8.71. The van der Waals surface area contributed by atoms with Gasteiger partial charge in [-0.2, -0.15) is 5.26 Å². The third-order valence-corrected chi connectivity index (χ3v) is 3.79. The molecule has 0 radical (unpaired) electrons. The van der Waals surface area contributed by atoms with Gasteiger partial charge in [-0.3, -0.25) is 0 Å². The van der Waals surface area contributed by atoms with Crippen LogP contribution in [0, 0.1) is 17.2 Å². The van der Waals surface area contributed by atoms with Gasteiger partial charge in [-0.15, -0.1) is 11.3 Å². The molecular formula is C10H12N2S. The Morgan fingerprint density at radius 2 is 2.62 bits per heavy atom. The molecule has 2 nitrogen and oxygen atoms in total. The number of thiazole rings is 1. The van der Waals surface area contributed by atoms with Crippen LogP contribution >= 0.6 is 11.3 Å². The lowest BCUT2D eigenvalue weighted by Gasteiger charge is -2.16. The molecule has 0 aliphatic heterocycles. The van der Waals surface area contributed by atoms with Gasteiger partial charge < -0.3 is 0 Å². The van der Waals surface area contributed by atoms with E-state index in [9.17, 15) is 5.26 Å². The summed E-state index contributed by atoms with van der Waals surface area (Å²) in [6, 6.07) is 2.46. The highest BCUT2D eigenvalue weighted by Gasteiger charge is 2.41. The quantitative estimate of drug-likeness (QED) is 0.686. The molecule has 68 valence electrons. The predicted molar refractivity (Wildman–Crippen MR) is 52.4 cm³/mol. The molecule has 1 aromatic rings. The van der Waals surface area contributed by atoms with Crippen LogP contribution in [0.15, 0.2) is 11.6 Å². The molecule has 2 unspecified atom stereocenters. The van der Waals surface area contributed by atoms with Crippen molar-refractivity contribution < 1.29 is 0 Å². The fraction of sp³-hybridized carbons (Fsp3) is 0.600. The lowest BCUT2D eigenvalue weighted by atomic mass is 9.88. The Labute approximate surface area is 82.2 Å². The zero-order valence-corrected chi connectivity index (χ0v) is 8.47. The maximum Gasteiger partial charge on any atom is 0.113 e. The first-order valence-corrected chi connectivity index (χ1v) is 5.46. The summed E-state index contributed by atoms with van der Waals surface area (Å²) in [6.07, 6.45) is 4.92. The van der Waals surface area contributed by atoms with Crippen molar-refractivity contribution in [3.63, 3.8) is 0 Å². The maximum absolute atomic E-state index is 9.22. The SMILES string of the molecule is CC1CCC(C#N)(c2nccs2)C1. The van der Waals surface area contributed by atoms with Gasteiger partial charge in [-0.25, -0.2) is 4.98 Å². The number of rotatable bonds is 1. The summed E-state index contributed by atoms with van der Waals surface area (Å²) >= 11 is 1.61. The van der Waals surface area contributed by atoms with Gasteiger partial charge in [0.05, 0.1) is 6.07 Å². The molecule has 2 rings (SSSR count). The van der Waals surface area contributed by atoms with Gasteiger partial charge in [0.2, 0.25) is 0 Å². The van der Waals surface area contributed by atoms with Crippen LogP contribution in [0.5, 0.6) is 0 Å². The van der Waals surface area contributed by atoms with Crippen molar-refractivity contribution in [2.24, 2.45) is 5.92 Å². The molecule has 0 bridgehead atoms. The number of nitriles is 1. The third-order valence-electron chi connectivity index (χ3n) is 2.82. The fourth-order valence-corrected chi connectivity index (χ4v) is 2.92. The number of nitrogens with zero attached hydrogens (tertiary/aromatic N) is 2. The summed E-state index contributed by atoms with van der Waals surface area (Å²) in [4.78, 5) is 4.27. The average Bonchev–Trinajstić information content (AvgIpc) is 2.73. The highest BCUT2D eigenvalue weighted by Crippen LogP contribution is 2.44. The maximum atomic E-state index is 9.22. The molecule has 1 heterocycles. The molecule has 1 saturated carbocycles. The Morgan fingerprint density at radius 1 is 1.77 bits per heavy atom. The highest BCUT2D eigenvalue weighted by atomic mass is 32.1. The molecule has 0 aromatic carbocycles. The van der Waals surface area contributed by atoms with Crippen LogP contribution in [0.3, 0.4) is 0 Å². The van der Waals surface area contributed by atoms with Crippen LogP contribution in [0.4, 0.5) is 0 Å². The minimum Gasteiger partial charge on any atom is -0.248 e. The van der Waals surface area contributed by atoms with E-state index >= 15 is 0 Å². The van der Waals surface area contributed by atoms with E-state index in [2.05, 4.69) is 18.0 Å². The van der Waals surface area contributed by atoms with E-state index in [1.807, 2.05) is 5.38 Å². The molecule has 2 atom stereocenters. The summed E-state index contributed by atoms with van der Waals surface area (Å²) in [5.74, 6) is 0.670. The Kier molecular flexibility index (Phi) is 2.09. The smallest absolute Gasteiger partial charge is 0.113 e. The summed E-state index contributed by atoms with van der Waals surface area (Å²) < 4.78 is 0. The molecule has 13 heavy (non-hydrogen) atoms. The summed E-state index contributed by atoms with van der Waals surface area (Å²) in [7, 11) is 0. The Balaban J connectivity index is 2.33. The van der Waals surface area contributed by atoms with E-state index in [4.69, 9.17) is 0 Å². The van der Waals surface area contributed by atoms with Crippen molar-refractivity contribution >= 4 is 11.3 Å². The Bertz CT molecular complexity index is 325. The molecular weight excluding hydrogens is 180 g/mol. The lowest BCUT2D eigenvalue weighted by Crippen LogP contribution is -2.19. The van der Waals surface area contributed by atoms with Gasteiger partial charge in [-0.1, -0.05) is 6.92 Å². The lowest BCUT2D eigenvalue weighted by molar-refractivity contribution is 0.528. The number of hydrogen-bond acceptors (Lipinski definition) is 3. The minimum absolute atomic E-state index is 0.256. The fourth-order valence-electron chi connectivity index (χ4n) is 2.10. The van der Waals surface area contributed by atoms with Crippen LogP contribution in [-0.4, -0.2) is 4.98 Å². The molecule has 3 heteroatoms. The molecule has 0 amide bonds. The summed E-state index contributed by atoms with van der Waals surface area (Å²) in [5.41, 5.74) is -0.256. The van der Waals surface area contributed by atoms with E-state index in [0.29, 0.717) is 5.92 Å². The van der Waals surface area contributed by atoms with Gasteiger partial charge in [0.15, 0.2) is 0 Å². The van der Waals surface area contributed by atoms with Crippen molar-refractivity contribution in [2.45, 2.75) is 31.6 Å². The van der Waals surface area contributed by atoms with Crippen molar-refractivity contribution in [1.29, 1.82) is 5.26 Å². The van der Waals surface area contributed by atoms with E-state index in [1.165, 1.54) is 0 Å². The van der Waals surface area contributed by atoms with Gasteiger partial charge >= 0.3 is 0 Å². The second-order valence-electron chi connectivity index (χ2n) is 3.88. The normalized spacial score (nSPS) is 33.1. The van der Waals surface area contributed by atoms with Gasteiger partial charge in [0.25, 0.3) is 0 Å². The first-order chi connectivity index (χ1) is 6.27. The van der Waals surface area contributed by atoms with E-state index in [0.717, 1.165) is 24.3 Å². The van der Waals surface area contributed by atoms with Crippen LogP contribution in [0.2, 0.25) is 0 Å². The van der Waals surface area contributed by atoms with E-state index in [1.54, 1.807) is 17.5 Å². The monoisotopic (exact) mass is 192 g/mol. The zero-order valence-electron chi connectivity index (χ0n) is 7.66. The van der Waals surface area contributed by atoms with Crippen molar-refractivity contribution in [3.05, 3.63) is 16.6 Å². The topological polar surface area (TPSA) is 36.7 Å². The average molecular weight is 192 g/mol. The third kappa shape index (κ3) is 1.36. The number of hydrogen-bond donors (Lipinski definition) is 0. The molecule has 1 aromatic heterocycles. The molecule has 0 N–H and O–H groups in total. The highest BCUT2D eigenvalue weighted by molar-refractivity contribution is 7.09. The Hall–Kier alpha value is -0.880. The van der Waals surface area contributed by atoms with Gasteiger partial charge in [-0.05, 0) is 25.2 Å². The van der Waals surface area contributed by atoms with Crippen LogP contribution < -0.4 is 0 Å². The first-order valence-electron chi connectivity index (χ1n) is 4.58. The Morgan fingerprint density at radius 3 is 3.08 bits per heavy atom. The molecule has 1 fully saturated rings. The van der Waals surface area contributed by atoms with Crippen molar-refractivity contribution in [1.82, 2.24) is 4.98 Å². The molecule has 0 spiro atoms. The van der Waals surface area contributed by atoms with Crippen LogP contribution in [0.25, 0.3) is 0 Å². The molecule has 1 aliphatic rings. The summed E-state index contributed by atoms with van der Waals surface area (Å²) in [6.45, 7) is 2.21. The standard InChI is InChI=1S/C10H12N2S/c1-8-2-3-10(6-8,7-11)9-12-4-5-13-9/h4-5,8H,2-3,6H2,1H3. The van der Waals surface area contributed by atoms with Crippen molar-refractivity contribution in [2.75, 3.05) is 0 Å². The minimum atomic E-state index is -0.256. The van der Waals surface area contributed by atoms with Gasteiger partial charge in [0, 0.05) is 11.6 Å². The summed E-state index contributed by atoms with van der Waals surface area (Å²) in [5, 5.41) is 12.2. The van der Waals surface area contributed by atoms with Crippen molar-refractivity contribution in [3.8, 4) is 6.07 Å². The largest absolute Gasteiger partial charge is 0.248 e. The second kappa shape index (κ2) is 3.12. The van der Waals surface area contributed by atoms with E-state index < -0.39 is 0 Å². The molecule has 0 saturated heterocycles.